The van der Waals surface area contributed by atoms with Crippen LogP contribution in [0.4, 0.5) is 0 Å². The SMILES string of the molecule is O=C1C=C(C2C=CCCC2)SCC=N1. The maximum absolute atomic E-state index is 11.2. The van der Waals surface area contributed by atoms with E-state index in [-0.39, 0.29) is 5.91 Å². The average Bonchev–Trinajstić information content (AvgIpc) is 2.44. The van der Waals surface area contributed by atoms with E-state index in [0.717, 1.165) is 5.75 Å². The molecule has 1 heterocycles. The fourth-order valence-electron chi connectivity index (χ4n) is 1.72. The summed E-state index contributed by atoms with van der Waals surface area (Å²) in [6.07, 6.45) is 11.4. The maximum Gasteiger partial charge on any atom is 0.270 e. The Bertz CT molecular complexity index is 317. The lowest BCUT2D eigenvalue weighted by Crippen LogP contribution is -2.03. The van der Waals surface area contributed by atoms with Gasteiger partial charge in [0, 0.05) is 24.0 Å². The standard InChI is InChI=1S/C11H13NOS/c13-11-8-10(14-7-6-12-11)9-4-2-1-3-5-9/h2,4,6,8-9H,1,3,5,7H2. The van der Waals surface area contributed by atoms with E-state index in [2.05, 4.69) is 17.1 Å². The molecule has 0 saturated heterocycles. The minimum absolute atomic E-state index is 0.107. The number of carbonyl (C=O) groups is 1. The van der Waals surface area contributed by atoms with Crippen LogP contribution in [-0.2, 0) is 4.79 Å². The molecule has 0 fully saturated rings. The molecule has 0 aromatic heterocycles. The van der Waals surface area contributed by atoms with Crippen molar-refractivity contribution in [2.24, 2.45) is 10.9 Å². The van der Waals surface area contributed by atoms with E-state index in [1.165, 1.54) is 24.2 Å². The summed E-state index contributed by atoms with van der Waals surface area (Å²) >= 11 is 1.73. The lowest BCUT2D eigenvalue weighted by molar-refractivity contribution is -0.113. The Hall–Kier alpha value is -0.830. The highest BCUT2D eigenvalue weighted by Gasteiger charge is 2.16. The third-order valence-corrected chi connectivity index (χ3v) is 3.50. The molecule has 1 aliphatic carbocycles. The number of hydrogen-bond donors (Lipinski definition) is 0. The Morgan fingerprint density at radius 3 is 3.21 bits per heavy atom. The maximum atomic E-state index is 11.2. The van der Waals surface area contributed by atoms with Crippen molar-refractivity contribution in [3.63, 3.8) is 0 Å². The molecule has 0 bridgehead atoms. The summed E-state index contributed by atoms with van der Waals surface area (Å²) in [6, 6.07) is 0. The summed E-state index contributed by atoms with van der Waals surface area (Å²) in [5.74, 6) is 1.17. The van der Waals surface area contributed by atoms with Gasteiger partial charge >= 0.3 is 0 Å². The highest BCUT2D eigenvalue weighted by molar-refractivity contribution is 8.03. The molecule has 2 aliphatic rings. The molecule has 1 atom stereocenters. The second-order valence-electron chi connectivity index (χ2n) is 3.47. The van der Waals surface area contributed by atoms with E-state index in [1.54, 1.807) is 24.1 Å². The fourth-order valence-corrected chi connectivity index (χ4v) is 2.66. The van der Waals surface area contributed by atoms with Crippen LogP contribution in [0.2, 0.25) is 0 Å². The summed E-state index contributed by atoms with van der Waals surface area (Å²) in [6.45, 7) is 0. The minimum Gasteiger partial charge on any atom is -0.267 e. The molecule has 0 N–H and O–H groups in total. The van der Waals surface area contributed by atoms with E-state index in [4.69, 9.17) is 0 Å². The largest absolute Gasteiger partial charge is 0.270 e. The van der Waals surface area contributed by atoms with E-state index >= 15 is 0 Å². The van der Waals surface area contributed by atoms with Crippen molar-refractivity contribution >= 4 is 23.9 Å². The molecule has 2 nitrogen and oxygen atoms in total. The van der Waals surface area contributed by atoms with E-state index in [9.17, 15) is 4.79 Å². The molecule has 74 valence electrons. The first-order valence-corrected chi connectivity index (χ1v) is 5.92. The van der Waals surface area contributed by atoms with Gasteiger partial charge < -0.3 is 0 Å². The second kappa shape index (κ2) is 4.60. The molecule has 0 aromatic carbocycles. The first-order chi connectivity index (χ1) is 6.86. The summed E-state index contributed by atoms with van der Waals surface area (Å²) in [4.78, 5) is 16.2. The fraction of sp³-hybridized carbons (Fsp3) is 0.455. The summed E-state index contributed by atoms with van der Waals surface area (Å²) < 4.78 is 0. The van der Waals surface area contributed by atoms with Crippen molar-refractivity contribution in [3.8, 4) is 0 Å². The third-order valence-electron chi connectivity index (χ3n) is 2.43. The van der Waals surface area contributed by atoms with Gasteiger partial charge in [-0.3, -0.25) is 4.79 Å². The van der Waals surface area contributed by atoms with Crippen LogP contribution in [0.3, 0.4) is 0 Å². The molecule has 3 heteroatoms. The average molecular weight is 207 g/mol. The van der Waals surface area contributed by atoms with Gasteiger partial charge in [-0.15, -0.1) is 11.8 Å². The molecule has 14 heavy (non-hydrogen) atoms. The summed E-state index contributed by atoms with van der Waals surface area (Å²) in [5, 5.41) is 0. The normalized spacial score (nSPS) is 27.3. The number of aliphatic imine (C=N–C) groups is 1. The molecule has 0 spiro atoms. The quantitative estimate of drug-likeness (QED) is 0.618. The Balaban J connectivity index is 2.13. The van der Waals surface area contributed by atoms with Crippen molar-refractivity contribution in [1.29, 1.82) is 0 Å². The molecule has 1 amide bonds. The van der Waals surface area contributed by atoms with E-state index < -0.39 is 0 Å². The third kappa shape index (κ3) is 2.35. The Kier molecular flexibility index (Phi) is 3.19. The van der Waals surface area contributed by atoms with E-state index in [0.29, 0.717) is 5.92 Å². The van der Waals surface area contributed by atoms with Gasteiger partial charge in [-0.2, -0.15) is 0 Å². The van der Waals surface area contributed by atoms with Crippen LogP contribution in [0.25, 0.3) is 0 Å². The van der Waals surface area contributed by atoms with Crippen LogP contribution in [0.5, 0.6) is 0 Å². The van der Waals surface area contributed by atoms with Crippen LogP contribution >= 0.6 is 11.8 Å². The Labute approximate surface area is 88.2 Å². The number of amides is 1. The van der Waals surface area contributed by atoms with E-state index in [1.807, 2.05) is 0 Å². The molecular formula is C11H13NOS. The van der Waals surface area contributed by atoms with Crippen molar-refractivity contribution < 1.29 is 4.79 Å². The first-order valence-electron chi connectivity index (χ1n) is 4.94. The second-order valence-corrected chi connectivity index (χ2v) is 4.57. The highest BCUT2D eigenvalue weighted by Crippen LogP contribution is 2.32. The number of hydrogen-bond acceptors (Lipinski definition) is 2. The van der Waals surface area contributed by atoms with Gasteiger partial charge in [0.2, 0.25) is 0 Å². The summed E-state index contributed by atoms with van der Waals surface area (Å²) in [5.41, 5.74) is 0. The lowest BCUT2D eigenvalue weighted by atomic mass is 9.95. The smallest absolute Gasteiger partial charge is 0.267 e. The van der Waals surface area contributed by atoms with Gasteiger partial charge in [-0.25, -0.2) is 4.99 Å². The molecular weight excluding hydrogens is 194 g/mol. The van der Waals surface area contributed by atoms with Gasteiger partial charge in [-0.1, -0.05) is 12.2 Å². The van der Waals surface area contributed by atoms with Crippen molar-refractivity contribution in [3.05, 3.63) is 23.1 Å². The number of allylic oxidation sites excluding steroid dienone is 3. The van der Waals surface area contributed by atoms with Gasteiger partial charge in [0.05, 0.1) is 0 Å². The zero-order chi connectivity index (χ0) is 9.80. The van der Waals surface area contributed by atoms with Gasteiger partial charge in [0.25, 0.3) is 5.91 Å². The summed E-state index contributed by atoms with van der Waals surface area (Å²) in [7, 11) is 0. The Morgan fingerprint density at radius 1 is 1.50 bits per heavy atom. The predicted octanol–water partition coefficient (Wildman–Crippen LogP) is 2.57. The number of thioether (sulfide) groups is 1. The molecule has 1 aliphatic heterocycles. The number of rotatable bonds is 1. The minimum atomic E-state index is -0.107. The molecule has 0 aromatic rings. The zero-order valence-electron chi connectivity index (χ0n) is 7.98. The van der Waals surface area contributed by atoms with Gasteiger partial charge in [-0.05, 0) is 24.2 Å². The van der Waals surface area contributed by atoms with Crippen LogP contribution < -0.4 is 0 Å². The lowest BCUT2D eigenvalue weighted by Gasteiger charge is -2.18. The number of carbonyl (C=O) groups excluding carboxylic acids is 1. The van der Waals surface area contributed by atoms with Crippen LogP contribution in [0, 0.1) is 5.92 Å². The monoisotopic (exact) mass is 207 g/mol. The van der Waals surface area contributed by atoms with Gasteiger partial charge in [0.1, 0.15) is 0 Å². The van der Waals surface area contributed by atoms with Crippen molar-refractivity contribution in [2.75, 3.05) is 5.75 Å². The number of nitrogens with zero attached hydrogens (tertiary/aromatic N) is 1. The molecule has 1 unspecified atom stereocenters. The topological polar surface area (TPSA) is 29.4 Å². The Morgan fingerprint density at radius 2 is 2.43 bits per heavy atom. The zero-order valence-corrected chi connectivity index (χ0v) is 8.80. The van der Waals surface area contributed by atoms with Crippen molar-refractivity contribution in [2.45, 2.75) is 19.3 Å². The molecule has 0 saturated carbocycles. The van der Waals surface area contributed by atoms with Crippen molar-refractivity contribution in [1.82, 2.24) is 0 Å². The predicted molar refractivity (Wildman–Crippen MR) is 60.5 cm³/mol. The van der Waals surface area contributed by atoms with Crippen LogP contribution in [0.15, 0.2) is 28.1 Å². The molecule has 0 radical (unpaired) electrons. The molecule has 2 rings (SSSR count). The van der Waals surface area contributed by atoms with Crippen LogP contribution in [-0.4, -0.2) is 17.9 Å². The first kappa shape index (κ1) is 9.71. The highest BCUT2D eigenvalue weighted by atomic mass is 32.2. The van der Waals surface area contributed by atoms with Crippen LogP contribution in [0.1, 0.15) is 19.3 Å². The van der Waals surface area contributed by atoms with Gasteiger partial charge in [0.15, 0.2) is 0 Å².